The molecule has 1 atom stereocenters. The third kappa shape index (κ3) is 5.02. The van der Waals surface area contributed by atoms with E-state index in [1.807, 2.05) is 18.2 Å². The second-order valence-corrected chi connectivity index (χ2v) is 6.90. The summed E-state index contributed by atoms with van der Waals surface area (Å²) in [5.74, 6) is -0.193. The van der Waals surface area contributed by atoms with Gasteiger partial charge in [-0.3, -0.25) is 0 Å². The summed E-state index contributed by atoms with van der Waals surface area (Å²) in [6, 6.07) is 7.77. The van der Waals surface area contributed by atoms with Crippen LogP contribution in [-0.2, 0) is 4.74 Å². The van der Waals surface area contributed by atoms with Crippen molar-refractivity contribution in [2.75, 3.05) is 23.3 Å². The Kier molecular flexibility index (Phi) is 6.51. The van der Waals surface area contributed by atoms with E-state index in [2.05, 4.69) is 22.9 Å². The quantitative estimate of drug-likeness (QED) is 0.726. The minimum Gasteiger partial charge on any atom is -0.405 e. The smallest absolute Gasteiger partial charge is 0.119 e. The van der Waals surface area contributed by atoms with Crippen LogP contribution in [0.1, 0.15) is 24.8 Å². The Hall–Kier alpha value is -3.04. The zero-order valence-electron chi connectivity index (χ0n) is 15.8. The summed E-state index contributed by atoms with van der Waals surface area (Å²) in [6.45, 7) is 5.60. The normalized spacial score (nSPS) is 20.1. The van der Waals surface area contributed by atoms with Crippen molar-refractivity contribution in [1.29, 1.82) is 5.26 Å². The maximum absolute atomic E-state index is 13.1. The Morgan fingerprint density at radius 1 is 1.39 bits per heavy atom. The molecule has 6 heteroatoms. The lowest BCUT2D eigenvalue weighted by molar-refractivity contribution is 0.000803. The van der Waals surface area contributed by atoms with Crippen LogP contribution in [0.3, 0.4) is 0 Å². The van der Waals surface area contributed by atoms with E-state index in [-0.39, 0.29) is 18.0 Å². The van der Waals surface area contributed by atoms with Gasteiger partial charge in [0.1, 0.15) is 5.83 Å². The molecule has 3 N–H and O–H groups in total. The van der Waals surface area contributed by atoms with Crippen LogP contribution in [0.2, 0.25) is 0 Å². The SMILES string of the molecule is C=C(/C=C/N)Nc1cc(C#N)ccc1N1CCC(OC2C=CC(F)=CC2)CC1. The van der Waals surface area contributed by atoms with Gasteiger partial charge in [0.05, 0.1) is 35.2 Å². The molecule has 1 heterocycles. The van der Waals surface area contributed by atoms with Crippen LogP contribution >= 0.6 is 0 Å². The van der Waals surface area contributed by atoms with E-state index in [1.165, 1.54) is 12.3 Å². The second-order valence-electron chi connectivity index (χ2n) is 6.90. The van der Waals surface area contributed by atoms with E-state index in [0.29, 0.717) is 17.7 Å². The molecule has 28 heavy (non-hydrogen) atoms. The van der Waals surface area contributed by atoms with Crippen molar-refractivity contribution in [2.24, 2.45) is 5.73 Å². The van der Waals surface area contributed by atoms with E-state index in [0.717, 1.165) is 37.3 Å². The molecular weight excluding hydrogens is 355 g/mol. The van der Waals surface area contributed by atoms with E-state index in [4.69, 9.17) is 10.5 Å². The predicted molar refractivity (Wildman–Crippen MR) is 110 cm³/mol. The van der Waals surface area contributed by atoms with E-state index in [9.17, 15) is 9.65 Å². The fourth-order valence-corrected chi connectivity index (χ4v) is 3.47. The number of hydrogen-bond donors (Lipinski definition) is 2. The Bertz CT molecular complexity index is 845. The summed E-state index contributed by atoms with van der Waals surface area (Å²) in [6.07, 6.45) is 10.4. The van der Waals surface area contributed by atoms with Gasteiger partial charge in [-0.05, 0) is 61.9 Å². The molecule has 0 saturated carbocycles. The zero-order chi connectivity index (χ0) is 19.9. The first-order chi connectivity index (χ1) is 13.6. The molecule has 0 aromatic heterocycles. The van der Waals surface area contributed by atoms with Crippen molar-refractivity contribution in [2.45, 2.75) is 31.5 Å². The summed E-state index contributed by atoms with van der Waals surface area (Å²) in [5.41, 5.74) is 8.52. The molecule has 1 aromatic carbocycles. The van der Waals surface area contributed by atoms with Crippen LogP contribution in [0.15, 0.2) is 66.8 Å². The van der Waals surface area contributed by atoms with Crippen LogP contribution < -0.4 is 16.0 Å². The third-order valence-corrected chi connectivity index (χ3v) is 4.88. The van der Waals surface area contributed by atoms with Gasteiger partial charge in [0.15, 0.2) is 0 Å². The van der Waals surface area contributed by atoms with Gasteiger partial charge in [0.25, 0.3) is 0 Å². The van der Waals surface area contributed by atoms with Crippen molar-refractivity contribution in [1.82, 2.24) is 0 Å². The average Bonchev–Trinajstić information content (AvgIpc) is 2.70. The monoisotopic (exact) mass is 380 g/mol. The van der Waals surface area contributed by atoms with Crippen LogP contribution in [-0.4, -0.2) is 25.3 Å². The van der Waals surface area contributed by atoms with Crippen LogP contribution in [0.4, 0.5) is 15.8 Å². The first-order valence-electron chi connectivity index (χ1n) is 9.41. The largest absolute Gasteiger partial charge is 0.405 e. The first-order valence-corrected chi connectivity index (χ1v) is 9.41. The first kappa shape index (κ1) is 19.7. The van der Waals surface area contributed by atoms with E-state index >= 15 is 0 Å². The Morgan fingerprint density at radius 2 is 2.18 bits per heavy atom. The standard InChI is InChI=1S/C22H25FN4O/c1-16(8-11-24)26-21-14-17(15-25)2-7-22(21)27-12-9-20(10-13-27)28-19-5-3-18(23)4-6-19/h2-5,7-8,11,14,19-20,26H,1,6,9-10,12-13,24H2/b11-8+. The van der Waals surface area contributed by atoms with Gasteiger partial charge in [-0.1, -0.05) is 12.7 Å². The van der Waals surface area contributed by atoms with Crippen molar-refractivity contribution in [3.05, 3.63) is 72.4 Å². The number of nitriles is 1. The number of nitrogens with one attached hydrogen (secondary N) is 1. The number of halogens is 1. The van der Waals surface area contributed by atoms with Crippen LogP contribution in [0.5, 0.6) is 0 Å². The summed E-state index contributed by atoms with van der Waals surface area (Å²) < 4.78 is 19.2. The highest BCUT2D eigenvalue weighted by Crippen LogP contribution is 2.31. The molecule has 1 aromatic rings. The van der Waals surface area contributed by atoms with Gasteiger partial charge in [-0.15, -0.1) is 0 Å². The van der Waals surface area contributed by atoms with Crippen LogP contribution in [0.25, 0.3) is 0 Å². The summed E-state index contributed by atoms with van der Waals surface area (Å²) in [4.78, 5) is 2.28. The van der Waals surface area contributed by atoms with Crippen molar-refractivity contribution in [3.8, 4) is 6.07 Å². The summed E-state index contributed by atoms with van der Waals surface area (Å²) >= 11 is 0. The molecule has 1 aliphatic carbocycles. The number of anilines is 2. The van der Waals surface area contributed by atoms with Crippen molar-refractivity contribution >= 4 is 11.4 Å². The predicted octanol–water partition coefficient (Wildman–Crippen LogP) is 4.12. The lowest BCUT2D eigenvalue weighted by Gasteiger charge is -2.36. The highest BCUT2D eigenvalue weighted by Gasteiger charge is 2.24. The van der Waals surface area contributed by atoms with Crippen LogP contribution in [0, 0.1) is 11.3 Å². The lowest BCUT2D eigenvalue weighted by atomic mass is 10.0. The maximum atomic E-state index is 13.1. The molecule has 0 spiro atoms. The van der Waals surface area contributed by atoms with Gasteiger partial charge in [-0.2, -0.15) is 5.26 Å². The van der Waals surface area contributed by atoms with E-state index in [1.54, 1.807) is 18.2 Å². The summed E-state index contributed by atoms with van der Waals surface area (Å²) in [5, 5.41) is 12.4. The topological polar surface area (TPSA) is 74.3 Å². The third-order valence-electron chi connectivity index (χ3n) is 4.88. The molecule has 1 unspecified atom stereocenters. The molecule has 0 amide bonds. The van der Waals surface area contributed by atoms with E-state index < -0.39 is 0 Å². The van der Waals surface area contributed by atoms with Gasteiger partial charge >= 0.3 is 0 Å². The molecule has 1 saturated heterocycles. The molecule has 5 nitrogen and oxygen atoms in total. The number of ether oxygens (including phenoxy) is 1. The zero-order valence-corrected chi connectivity index (χ0v) is 15.8. The average molecular weight is 380 g/mol. The lowest BCUT2D eigenvalue weighted by Crippen LogP contribution is -2.38. The van der Waals surface area contributed by atoms with Gasteiger partial charge < -0.3 is 20.7 Å². The number of nitrogens with two attached hydrogens (primary N) is 1. The number of rotatable bonds is 6. The fraction of sp³-hybridized carbons (Fsp3) is 0.318. The number of allylic oxidation sites excluding steroid dienone is 3. The molecule has 0 bridgehead atoms. The number of hydrogen-bond acceptors (Lipinski definition) is 5. The Morgan fingerprint density at radius 3 is 2.82 bits per heavy atom. The maximum Gasteiger partial charge on any atom is 0.119 e. The highest BCUT2D eigenvalue weighted by atomic mass is 19.1. The number of nitrogens with zero attached hydrogens (tertiary/aromatic N) is 2. The molecule has 2 aliphatic rings. The minimum absolute atomic E-state index is 0.0467. The Balaban J connectivity index is 1.64. The van der Waals surface area contributed by atoms with Crippen molar-refractivity contribution in [3.63, 3.8) is 0 Å². The van der Waals surface area contributed by atoms with Crippen molar-refractivity contribution < 1.29 is 9.13 Å². The molecular formula is C22H25FN4O. The van der Waals surface area contributed by atoms with Gasteiger partial charge in [-0.25, -0.2) is 4.39 Å². The number of benzene rings is 1. The Labute approximate surface area is 165 Å². The molecule has 1 aliphatic heterocycles. The van der Waals surface area contributed by atoms with Gasteiger partial charge in [0.2, 0.25) is 0 Å². The molecule has 0 radical (unpaired) electrons. The number of piperidine rings is 1. The molecule has 3 rings (SSSR count). The summed E-state index contributed by atoms with van der Waals surface area (Å²) in [7, 11) is 0. The van der Waals surface area contributed by atoms with Gasteiger partial charge in [0, 0.05) is 18.8 Å². The second kappa shape index (κ2) is 9.25. The fourth-order valence-electron chi connectivity index (χ4n) is 3.47. The highest BCUT2D eigenvalue weighted by molar-refractivity contribution is 5.74. The minimum atomic E-state index is -0.193. The molecule has 146 valence electrons. The molecule has 1 fully saturated rings.